The van der Waals surface area contributed by atoms with E-state index in [-0.39, 0.29) is 5.91 Å². The third-order valence-corrected chi connectivity index (χ3v) is 3.82. The van der Waals surface area contributed by atoms with Crippen LogP contribution in [0.4, 0.5) is 5.82 Å². The van der Waals surface area contributed by atoms with Gasteiger partial charge in [-0.15, -0.1) is 0 Å². The second-order valence-corrected chi connectivity index (χ2v) is 5.93. The number of aromatic nitrogens is 2. The molecule has 134 valence electrons. The fraction of sp³-hybridized carbons (Fsp3) is 0.0870. The van der Waals surface area contributed by atoms with Crippen molar-refractivity contribution in [3.8, 4) is 0 Å². The second kappa shape index (κ2) is 9.25. The first-order valence-corrected chi connectivity index (χ1v) is 8.88. The monoisotopic (exact) mass is 355 g/mol. The van der Waals surface area contributed by atoms with E-state index in [4.69, 9.17) is 0 Å². The van der Waals surface area contributed by atoms with Crippen LogP contribution in [0.25, 0.3) is 24.3 Å². The summed E-state index contributed by atoms with van der Waals surface area (Å²) in [6.45, 7) is 1.81. The van der Waals surface area contributed by atoms with Crippen LogP contribution in [0.3, 0.4) is 0 Å². The highest BCUT2D eigenvalue weighted by Crippen LogP contribution is 2.13. The smallest absolute Gasteiger partial charge is 0.225 e. The van der Waals surface area contributed by atoms with E-state index in [2.05, 4.69) is 15.3 Å². The van der Waals surface area contributed by atoms with Gasteiger partial charge < -0.3 is 5.32 Å². The maximum absolute atomic E-state index is 11.8. The number of nitrogens with one attached hydrogen (secondary N) is 1. The Labute approximate surface area is 159 Å². The molecule has 27 heavy (non-hydrogen) atoms. The molecular formula is C23H21N3O. The van der Waals surface area contributed by atoms with Crippen molar-refractivity contribution < 1.29 is 4.79 Å². The van der Waals surface area contributed by atoms with E-state index < -0.39 is 0 Å². The largest absolute Gasteiger partial charge is 0.311 e. The van der Waals surface area contributed by atoms with Crippen LogP contribution in [0, 0.1) is 0 Å². The van der Waals surface area contributed by atoms with Crippen LogP contribution in [-0.2, 0) is 4.79 Å². The van der Waals surface area contributed by atoms with E-state index >= 15 is 0 Å². The minimum absolute atomic E-state index is 0.0790. The molecule has 0 bridgehead atoms. The number of nitrogens with zero attached hydrogens (tertiary/aromatic N) is 2. The predicted molar refractivity (Wildman–Crippen MR) is 112 cm³/mol. The zero-order valence-electron chi connectivity index (χ0n) is 15.2. The van der Waals surface area contributed by atoms with Gasteiger partial charge in [0.25, 0.3) is 0 Å². The van der Waals surface area contributed by atoms with Gasteiger partial charge in [0.1, 0.15) is 5.82 Å². The first-order chi connectivity index (χ1) is 13.2. The lowest BCUT2D eigenvalue weighted by atomic mass is 10.2. The minimum Gasteiger partial charge on any atom is -0.311 e. The van der Waals surface area contributed by atoms with E-state index in [9.17, 15) is 4.79 Å². The Bertz CT molecular complexity index is 880. The summed E-state index contributed by atoms with van der Waals surface area (Å²) in [4.78, 5) is 20.7. The number of hydrogen-bond acceptors (Lipinski definition) is 3. The molecule has 3 aromatic rings. The summed E-state index contributed by atoms with van der Waals surface area (Å²) in [5.74, 6) is 0.961. The molecule has 1 aromatic heterocycles. The number of anilines is 1. The molecule has 0 spiro atoms. The molecule has 0 fully saturated rings. The minimum atomic E-state index is -0.0790. The maximum atomic E-state index is 11.8. The number of hydrogen-bond donors (Lipinski definition) is 1. The van der Waals surface area contributed by atoms with Gasteiger partial charge in [0.15, 0.2) is 5.82 Å². The Hall–Kier alpha value is -3.53. The summed E-state index contributed by atoms with van der Waals surface area (Å²) in [6, 6.07) is 21.7. The molecule has 0 aliphatic carbocycles. The Morgan fingerprint density at radius 2 is 1.44 bits per heavy atom. The average molecular weight is 355 g/mol. The van der Waals surface area contributed by atoms with Gasteiger partial charge in [-0.2, -0.15) is 0 Å². The molecule has 1 amide bonds. The molecule has 0 saturated carbocycles. The van der Waals surface area contributed by atoms with Crippen molar-refractivity contribution in [2.24, 2.45) is 0 Å². The standard InChI is InChI=1S/C23H21N3O/c1-2-23(27)26-22-17-20(15-13-18-9-5-3-6-10-18)24-21(25-22)16-14-19-11-7-4-8-12-19/h3-17H,2H2,1H3,(H,24,25,26,27)/b15-13+,16-14+. The van der Waals surface area contributed by atoms with Gasteiger partial charge in [0.05, 0.1) is 5.69 Å². The summed E-state index contributed by atoms with van der Waals surface area (Å²) >= 11 is 0. The van der Waals surface area contributed by atoms with Gasteiger partial charge in [0, 0.05) is 12.5 Å². The molecule has 1 heterocycles. The number of amides is 1. The van der Waals surface area contributed by atoms with E-state index in [0.717, 1.165) is 16.8 Å². The van der Waals surface area contributed by atoms with Crippen LogP contribution in [0.2, 0.25) is 0 Å². The zero-order valence-corrected chi connectivity index (χ0v) is 15.2. The van der Waals surface area contributed by atoms with Crippen LogP contribution >= 0.6 is 0 Å². The van der Waals surface area contributed by atoms with Crippen molar-refractivity contribution in [3.05, 3.63) is 89.4 Å². The van der Waals surface area contributed by atoms with Crippen LogP contribution in [0.15, 0.2) is 66.7 Å². The van der Waals surface area contributed by atoms with Crippen molar-refractivity contribution in [1.82, 2.24) is 9.97 Å². The van der Waals surface area contributed by atoms with Crippen LogP contribution in [0.5, 0.6) is 0 Å². The molecule has 0 radical (unpaired) electrons. The van der Waals surface area contributed by atoms with Crippen molar-refractivity contribution in [2.45, 2.75) is 13.3 Å². The Balaban J connectivity index is 1.89. The van der Waals surface area contributed by atoms with Gasteiger partial charge in [-0.25, -0.2) is 9.97 Å². The zero-order chi connectivity index (χ0) is 18.9. The van der Waals surface area contributed by atoms with Gasteiger partial charge in [-0.3, -0.25) is 4.79 Å². The van der Waals surface area contributed by atoms with Crippen molar-refractivity contribution in [2.75, 3.05) is 5.32 Å². The summed E-state index contributed by atoms with van der Waals surface area (Å²) in [6.07, 6.45) is 8.09. The van der Waals surface area contributed by atoms with E-state index in [1.807, 2.05) is 91.9 Å². The molecular weight excluding hydrogens is 334 g/mol. The lowest BCUT2D eigenvalue weighted by Crippen LogP contribution is -2.11. The second-order valence-electron chi connectivity index (χ2n) is 5.93. The molecule has 3 rings (SSSR count). The summed E-state index contributed by atoms with van der Waals surface area (Å²) in [5, 5.41) is 2.81. The van der Waals surface area contributed by atoms with Crippen LogP contribution in [-0.4, -0.2) is 15.9 Å². The molecule has 1 N–H and O–H groups in total. The fourth-order valence-electron chi connectivity index (χ4n) is 2.42. The SMILES string of the molecule is CCC(=O)Nc1cc(/C=C/c2ccccc2)nc(/C=C/c2ccccc2)n1. The van der Waals surface area contributed by atoms with Gasteiger partial charge in [-0.1, -0.05) is 79.7 Å². The van der Waals surface area contributed by atoms with Crippen molar-refractivity contribution in [1.29, 1.82) is 0 Å². The normalized spacial score (nSPS) is 11.1. The lowest BCUT2D eigenvalue weighted by molar-refractivity contribution is -0.115. The van der Waals surface area contributed by atoms with E-state index in [1.54, 1.807) is 6.07 Å². The Morgan fingerprint density at radius 3 is 2.04 bits per heavy atom. The Morgan fingerprint density at radius 1 is 0.852 bits per heavy atom. The molecule has 4 heteroatoms. The van der Waals surface area contributed by atoms with E-state index in [0.29, 0.717) is 18.1 Å². The van der Waals surface area contributed by atoms with Gasteiger partial charge in [0.2, 0.25) is 5.91 Å². The molecule has 0 atom stereocenters. The first-order valence-electron chi connectivity index (χ1n) is 8.88. The number of benzene rings is 2. The van der Waals surface area contributed by atoms with Crippen molar-refractivity contribution >= 4 is 36.0 Å². The third kappa shape index (κ3) is 5.75. The van der Waals surface area contributed by atoms with Gasteiger partial charge in [-0.05, 0) is 23.3 Å². The van der Waals surface area contributed by atoms with Crippen LogP contribution in [0.1, 0.15) is 36.0 Å². The quantitative estimate of drug-likeness (QED) is 0.664. The van der Waals surface area contributed by atoms with Crippen molar-refractivity contribution in [3.63, 3.8) is 0 Å². The highest BCUT2D eigenvalue weighted by molar-refractivity contribution is 5.90. The summed E-state index contributed by atoms with van der Waals surface area (Å²) < 4.78 is 0. The summed E-state index contributed by atoms with van der Waals surface area (Å²) in [5.41, 5.74) is 2.87. The average Bonchev–Trinajstić information content (AvgIpc) is 2.72. The molecule has 0 aliphatic rings. The highest BCUT2D eigenvalue weighted by Gasteiger charge is 2.04. The fourth-order valence-corrected chi connectivity index (χ4v) is 2.42. The summed E-state index contributed by atoms with van der Waals surface area (Å²) in [7, 11) is 0. The van der Waals surface area contributed by atoms with E-state index in [1.165, 1.54) is 0 Å². The third-order valence-electron chi connectivity index (χ3n) is 3.82. The number of rotatable bonds is 6. The topological polar surface area (TPSA) is 54.9 Å². The molecule has 4 nitrogen and oxygen atoms in total. The molecule has 0 unspecified atom stereocenters. The maximum Gasteiger partial charge on any atom is 0.225 e. The Kier molecular flexibility index (Phi) is 6.26. The lowest BCUT2D eigenvalue weighted by Gasteiger charge is -2.05. The molecule has 0 saturated heterocycles. The molecule has 0 aliphatic heterocycles. The number of carbonyl (C=O) groups excluding carboxylic acids is 1. The first kappa shape index (κ1) is 18.3. The van der Waals surface area contributed by atoms with Crippen LogP contribution < -0.4 is 5.32 Å². The molecule has 2 aromatic carbocycles. The van der Waals surface area contributed by atoms with Gasteiger partial charge >= 0.3 is 0 Å². The predicted octanol–water partition coefficient (Wildman–Crippen LogP) is 5.17. The highest BCUT2D eigenvalue weighted by atomic mass is 16.1. The number of carbonyl (C=O) groups is 1.